The van der Waals surface area contributed by atoms with E-state index in [-0.39, 0.29) is 14.8 Å². The monoisotopic (exact) mass is 333 g/mol. The molecule has 0 saturated heterocycles. The van der Waals surface area contributed by atoms with Crippen LogP contribution in [0, 0.1) is 5.92 Å². The van der Waals surface area contributed by atoms with Crippen LogP contribution >= 0.6 is 0 Å². The Labute approximate surface area is 147 Å². The number of amides is 1. The van der Waals surface area contributed by atoms with Crippen LogP contribution in [0.5, 0.6) is 0 Å². The lowest BCUT2D eigenvalue weighted by atomic mass is 10.0. The van der Waals surface area contributed by atoms with Crippen molar-refractivity contribution in [3.63, 3.8) is 0 Å². The van der Waals surface area contributed by atoms with Crippen LogP contribution in [-0.4, -0.2) is 25.0 Å². The molecule has 134 valence electrons. The first-order valence-electron chi connectivity index (χ1n) is 8.44. The first kappa shape index (κ1) is 18.0. The van der Waals surface area contributed by atoms with Crippen LogP contribution in [0.1, 0.15) is 47.2 Å². The van der Waals surface area contributed by atoms with Crippen molar-refractivity contribution in [1.29, 1.82) is 0 Å². The number of nitrogens with two attached hydrogens (primary N) is 1. The highest BCUT2D eigenvalue weighted by molar-refractivity contribution is 5.93. The number of carbonyl (C=O) groups excluding carboxylic acids is 1. The van der Waals surface area contributed by atoms with Gasteiger partial charge in [0.1, 0.15) is 0 Å². The van der Waals surface area contributed by atoms with Gasteiger partial charge in [0.2, 0.25) is 11.8 Å². The maximum Gasteiger partial charge on any atom is 0.217 e. The molecule has 1 heterocycles. The highest BCUT2D eigenvalue weighted by atomic mass is 16.5. The smallest absolute Gasteiger partial charge is 0.217 e. The third-order valence-electron chi connectivity index (χ3n) is 4.24. The van der Waals surface area contributed by atoms with Gasteiger partial charge < -0.3 is 15.8 Å². The summed E-state index contributed by atoms with van der Waals surface area (Å²) in [5, 5.41) is 3.01. The lowest BCUT2D eigenvalue weighted by Crippen LogP contribution is -2.28. The zero-order valence-electron chi connectivity index (χ0n) is 14.7. The number of aliphatic imine (C=N–C) groups is 1. The van der Waals surface area contributed by atoms with E-state index in [1.54, 1.807) is 6.92 Å². The molecule has 0 aromatic heterocycles. The molecule has 1 aromatic rings. The third kappa shape index (κ3) is 4.60. The van der Waals surface area contributed by atoms with Gasteiger partial charge in [-0.25, -0.2) is 0 Å². The van der Waals surface area contributed by atoms with Crippen molar-refractivity contribution in [1.82, 2.24) is 5.32 Å². The average molecular weight is 333 g/mol. The van der Waals surface area contributed by atoms with Gasteiger partial charge in [-0.05, 0) is 30.4 Å². The largest absolute Gasteiger partial charge is 0.478 e. The maximum absolute atomic E-state index is 11.0. The Balaban J connectivity index is 0.000000469. The number of nitrogens with zero attached hydrogens (tertiary/aromatic N) is 1. The third-order valence-corrected chi connectivity index (χ3v) is 4.24. The molecule has 3 N–H and O–H groups in total. The molecule has 0 spiro atoms. The van der Waals surface area contributed by atoms with E-state index in [0.717, 1.165) is 31.6 Å². The van der Waals surface area contributed by atoms with E-state index < -0.39 is 0 Å². The minimum Gasteiger partial charge on any atom is -0.478 e. The molecule has 2 unspecified atom stereocenters. The molecule has 5 nitrogen and oxygen atoms in total. The summed E-state index contributed by atoms with van der Waals surface area (Å²) < 4.78 is 5.23. The van der Waals surface area contributed by atoms with Crippen LogP contribution in [0.4, 0.5) is 0 Å². The van der Waals surface area contributed by atoms with Crippen LogP contribution in [0.2, 0.25) is 0 Å². The number of hydrogen-bond donors (Lipinski definition) is 2. The molecule has 0 radical (unpaired) electrons. The van der Waals surface area contributed by atoms with Gasteiger partial charge in [0, 0.05) is 34.5 Å². The molecule has 3 rings (SSSR count). The summed E-state index contributed by atoms with van der Waals surface area (Å²) in [5.74, 6) is 1.27. The molecular weight excluding hydrogens is 302 g/mol. The summed E-state index contributed by atoms with van der Waals surface area (Å²) in [5.41, 5.74) is 8.86. The zero-order valence-corrected chi connectivity index (χ0v) is 14.7. The van der Waals surface area contributed by atoms with Crippen LogP contribution < -0.4 is 11.1 Å². The van der Waals surface area contributed by atoms with Gasteiger partial charge in [-0.15, -0.1) is 0 Å². The van der Waals surface area contributed by atoms with Gasteiger partial charge in [0.15, 0.2) is 0 Å². The van der Waals surface area contributed by atoms with Crippen molar-refractivity contribution < 1.29 is 12.4 Å². The SMILES string of the molecule is C/C(=C/N)C1=NCCCO1.CC(=O)NC1c2ccccc2CC1C.[HH].[HH]. The summed E-state index contributed by atoms with van der Waals surface area (Å²) in [6.07, 6.45) is 3.60. The summed E-state index contributed by atoms with van der Waals surface area (Å²) >= 11 is 0. The van der Waals surface area contributed by atoms with Gasteiger partial charge in [-0.1, -0.05) is 31.2 Å². The summed E-state index contributed by atoms with van der Waals surface area (Å²) in [7, 11) is 0. The number of rotatable bonds is 2. The highest BCUT2D eigenvalue weighted by Gasteiger charge is 2.29. The molecule has 24 heavy (non-hydrogen) atoms. The normalized spacial score (nSPS) is 22.5. The van der Waals surface area contributed by atoms with Crippen molar-refractivity contribution in [2.24, 2.45) is 16.6 Å². The first-order valence-corrected chi connectivity index (χ1v) is 8.44. The van der Waals surface area contributed by atoms with E-state index in [4.69, 9.17) is 10.5 Å². The van der Waals surface area contributed by atoms with Gasteiger partial charge in [0.25, 0.3) is 0 Å². The quantitative estimate of drug-likeness (QED) is 0.872. The molecule has 2 atom stereocenters. The lowest BCUT2D eigenvalue weighted by molar-refractivity contribution is -0.120. The number of fused-ring (bicyclic) bond motifs is 1. The molecule has 0 bridgehead atoms. The average Bonchev–Trinajstić information content (AvgIpc) is 2.91. The Kier molecular flexibility index (Phi) is 6.41. The van der Waals surface area contributed by atoms with Crippen LogP contribution in [0.25, 0.3) is 0 Å². The molecule has 2 aliphatic rings. The van der Waals surface area contributed by atoms with Crippen molar-refractivity contribution >= 4 is 11.8 Å². The van der Waals surface area contributed by atoms with E-state index >= 15 is 0 Å². The van der Waals surface area contributed by atoms with Crippen molar-refractivity contribution in [2.45, 2.75) is 39.7 Å². The second-order valence-corrected chi connectivity index (χ2v) is 6.30. The molecule has 1 aliphatic carbocycles. The molecule has 5 heteroatoms. The van der Waals surface area contributed by atoms with E-state index in [2.05, 4.69) is 35.4 Å². The van der Waals surface area contributed by atoms with E-state index in [1.165, 1.54) is 17.3 Å². The Morgan fingerprint density at radius 2 is 2.17 bits per heavy atom. The second-order valence-electron chi connectivity index (χ2n) is 6.30. The number of nitrogens with one attached hydrogen (secondary N) is 1. The minimum absolute atomic E-state index is 0. The second kappa shape index (κ2) is 8.52. The number of carbonyl (C=O) groups is 1. The topological polar surface area (TPSA) is 76.7 Å². The van der Waals surface area contributed by atoms with Gasteiger partial charge in [-0.2, -0.15) is 0 Å². The molecule has 1 aliphatic heterocycles. The fourth-order valence-electron chi connectivity index (χ4n) is 3.00. The summed E-state index contributed by atoms with van der Waals surface area (Å²) in [6, 6.07) is 8.56. The summed E-state index contributed by atoms with van der Waals surface area (Å²) in [4.78, 5) is 15.2. The van der Waals surface area contributed by atoms with E-state index in [1.807, 2.05) is 13.0 Å². The standard InChI is InChI=1S/C12H15NO.C7H12N2O.2H2/c1-8-7-10-5-3-4-6-11(10)12(8)13-9(2)14;1-6(5-8)7-9-3-2-4-10-7;;/h3-6,8,12H,7H2,1-2H3,(H,13,14);5H,2-4,8H2,1H3;2*1H/b;6-5-;;. The van der Waals surface area contributed by atoms with Crippen LogP contribution in [-0.2, 0) is 16.0 Å². The van der Waals surface area contributed by atoms with E-state index in [9.17, 15) is 4.79 Å². The highest BCUT2D eigenvalue weighted by Crippen LogP contribution is 2.35. The van der Waals surface area contributed by atoms with Gasteiger partial charge in [-0.3, -0.25) is 9.79 Å². The van der Waals surface area contributed by atoms with E-state index in [0.29, 0.717) is 11.8 Å². The number of hydrogen-bond acceptors (Lipinski definition) is 4. The first-order chi connectivity index (χ1) is 11.5. The maximum atomic E-state index is 11.0. The minimum atomic E-state index is 0. The number of ether oxygens (including phenoxy) is 1. The van der Waals surface area contributed by atoms with Crippen molar-refractivity contribution in [3.8, 4) is 0 Å². The fraction of sp³-hybridized carbons (Fsp3) is 0.474. The predicted molar refractivity (Wildman–Crippen MR) is 101 cm³/mol. The predicted octanol–water partition coefficient (Wildman–Crippen LogP) is 3.22. The van der Waals surface area contributed by atoms with Gasteiger partial charge in [0.05, 0.1) is 12.6 Å². The summed E-state index contributed by atoms with van der Waals surface area (Å²) in [6.45, 7) is 7.28. The zero-order chi connectivity index (χ0) is 17.5. The Morgan fingerprint density at radius 1 is 1.42 bits per heavy atom. The molecule has 0 fully saturated rings. The molecular formula is C19H31N3O2. The van der Waals surface area contributed by atoms with Gasteiger partial charge >= 0.3 is 0 Å². The molecule has 1 amide bonds. The Hall–Kier alpha value is -2.30. The molecule has 1 aromatic carbocycles. The Morgan fingerprint density at radius 3 is 2.79 bits per heavy atom. The molecule has 0 saturated carbocycles. The Bertz CT molecular complexity index is 647. The van der Waals surface area contributed by atoms with Crippen LogP contribution in [0.15, 0.2) is 41.0 Å². The van der Waals surface area contributed by atoms with Crippen molar-refractivity contribution in [2.75, 3.05) is 13.2 Å². The number of benzene rings is 1. The fourth-order valence-corrected chi connectivity index (χ4v) is 3.00. The van der Waals surface area contributed by atoms with Crippen molar-refractivity contribution in [3.05, 3.63) is 47.2 Å². The van der Waals surface area contributed by atoms with Crippen LogP contribution in [0.3, 0.4) is 0 Å². The lowest BCUT2D eigenvalue weighted by Gasteiger charge is -2.17.